The zero-order chi connectivity index (χ0) is 14.4. The number of hydrogen-bond acceptors (Lipinski definition) is 7. The lowest BCUT2D eigenvalue weighted by atomic mass is 10.4. The molecule has 0 bridgehead atoms. The molecule has 0 saturated carbocycles. The Bertz CT molecular complexity index is 535. The van der Waals surface area contributed by atoms with Crippen LogP contribution in [0.1, 0.15) is 22.3 Å². The van der Waals surface area contributed by atoms with Gasteiger partial charge in [0.25, 0.3) is 0 Å². The maximum Gasteiger partial charge on any atom is 0.350 e. The second-order valence-corrected chi connectivity index (χ2v) is 4.29. The maximum atomic E-state index is 11.5. The van der Waals surface area contributed by atoms with E-state index < -0.39 is 17.8 Å². The molecule has 1 aromatic rings. The van der Waals surface area contributed by atoms with Crippen LogP contribution in [0.2, 0.25) is 0 Å². The van der Waals surface area contributed by atoms with E-state index in [2.05, 4.69) is 10.3 Å². The third kappa shape index (κ3) is 4.51. The molecule has 0 aliphatic rings. The van der Waals surface area contributed by atoms with Crippen LogP contribution in [-0.2, 0) is 14.3 Å². The molecule has 1 rings (SSSR count). The van der Waals surface area contributed by atoms with Gasteiger partial charge in [-0.15, -0.1) is 0 Å². The molecular weight excluding hydrogens is 272 g/mol. The van der Waals surface area contributed by atoms with Crippen LogP contribution < -0.4 is 10.4 Å². The number of carboxylic acid groups (broad SMARTS) is 1. The monoisotopic (exact) mass is 283 g/mol. The number of ether oxygens (including phenoxy) is 1. The molecule has 19 heavy (non-hydrogen) atoms. The number of rotatable bonds is 5. The van der Waals surface area contributed by atoms with Crippen molar-refractivity contribution in [3.05, 3.63) is 22.7 Å². The van der Waals surface area contributed by atoms with Gasteiger partial charge in [-0.3, -0.25) is 10.1 Å². The summed E-state index contributed by atoms with van der Waals surface area (Å²) in [6, 6.07) is 0. The highest BCUT2D eigenvalue weighted by Gasteiger charge is 2.16. The summed E-state index contributed by atoms with van der Waals surface area (Å²) in [6.07, 6.45) is 1.40. The lowest BCUT2D eigenvalue weighted by molar-refractivity contribution is -0.297. The molecule has 7 nitrogen and oxygen atoms in total. The summed E-state index contributed by atoms with van der Waals surface area (Å²) in [4.78, 5) is 37.2. The van der Waals surface area contributed by atoms with Crippen LogP contribution in [0, 0.1) is 6.92 Å². The van der Waals surface area contributed by atoms with Gasteiger partial charge in [-0.2, -0.15) is 0 Å². The minimum absolute atomic E-state index is 0.188. The Hall–Kier alpha value is -2.22. The van der Waals surface area contributed by atoms with Crippen LogP contribution in [0.5, 0.6) is 0 Å². The lowest BCUT2D eigenvalue weighted by Gasteiger charge is -1.97. The van der Waals surface area contributed by atoms with Crippen molar-refractivity contribution in [1.29, 1.82) is 0 Å². The van der Waals surface area contributed by atoms with Gasteiger partial charge in [0.1, 0.15) is 4.88 Å². The highest BCUT2D eigenvalue weighted by molar-refractivity contribution is 7.17. The molecule has 1 N–H and O–H groups in total. The Kier molecular flexibility index (Phi) is 5.19. The molecule has 0 unspecified atom stereocenters. The number of carbonyl (C=O) groups excluding carboxylic acids is 3. The van der Waals surface area contributed by atoms with Gasteiger partial charge >= 0.3 is 5.97 Å². The van der Waals surface area contributed by atoms with Gasteiger partial charge in [0.15, 0.2) is 5.13 Å². The molecule has 0 aromatic carbocycles. The lowest BCUT2D eigenvalue weighted by Crippen LogP contribution is -2.20. The van der Waals surface area contributed by atoms with E-state index in [0.29, 0.717) is 16.6 Å². The zero-order valence-electron chi connectivity index (χ0n) is 10.3. The van der Waals surface area contributed by atoms with E-state index in [1.165, 1.54) is 0 Å². The standard InChI is InChI=1S/C11H12N2O5S/c1-3-18-10(17)9-6(2)12-11(19-9)13-7(14)4-5-8(15)16/h4-5H,3H2,1-2H3,(H,15,16)(H,12,13,14)/p-1. The predicted octanol–water partition coefficient (Wildman–Crippen LogP) is -0.127. The average molecular weight is 283 g/mol. The third-order valence-electron chi connectivity index (χ3n) is 1.86. The molecule has 0 aliphatic heterocycles. The quantitative estimate of drug-likeness (QED) is 0.595. The molecule has 0 fully saturated rings. The highest BCUT2D eigenvalue weighted by atomic mass is 32.1. The van der Waals surface area contributed by atoms with Crippen molar-refractivity contribution in [3.63, 3.8) is 0 Å². The van der Waals surface area contributed by atoms with E-state index in [4.69, 9.17) is 4.74 Å². The van der Waals surface area contributed by atoms with Gasteiger partial charge in [0, 0.05) is 6.08 Å². The Balaban J connectivity index is 2.76. The molecule has 0 aliphatic carbocycles. The summed E-state index contributed by atoms with van der Waals surface area (Å²) >= 11 is 0.956. The van der Waals surface area contributed by atoms with Crippen LogP contribution >= 0.6 is 11.3 Å². The van der Waals surface area contributed by atoms with E-state index in [1.807, 2.05) is 0 Å². The number of nitrogens with zero attached hydrogens (tertiary/aromatic N) is 1. The van der Waals surface area contributed by atoms with E-state index in [9.17, 15) is 19.5 Å². The first-order valence-corrected chi connectivity index (χ1v) is 6.10. The van der Waals surface area contributed by atoms with Crippen molar-refractivity contribution in [2.24, 2.45) is 0 Å². The van der Waals surface area contributed by atoms with Crippen LogP contribution in [0.4, 0.5) is 5.13 Å². The molecule has 8 heteroatoms. The van der Waals surface area contributed by atoms with Gasteiger partial charge in [0.2, 0.25) is 5.91 Å². The molecule has 1 heterocycles. The minimum Gasteiger partial charge on any atom is -0.545 e. The van der Waals surface area contributed by atoms with Gasteiger partial charge in [-0.05, 0) is 19.9 Å². The first-order valence-electron chi connectivity index (χ1n) is 5.28. The molecular formula is C11H11N2O5S-. The fourth-order valence-electron chi connectivity index (χ4n) is 1.13. The number of aryl methyl sites for hydroxylation is 1. The number of nitrogens with one attached hydrogen (secondary N) is 1. The highest BCUT2D eigenvalue weighted by Crippen LogP contribution is 2.23. The summed E-state index contributed by atoms with van der Waals surface area (Å²) in [5, 5.41) is 12.7. The van der Waals surface area contributed by atoms with Crippen molar-refractivity contribution in [2.75, 3.05) is 11.9 Å². The summed E-state index contributed by atoms with van der Waals surface area (Å²) in [5.74, 6) is -2.66. The molecule has 0 saturated heterocycles. The Morgan fingerprint density at radius 1 is 1.42 bits per heavy atom. The molecule has 0 spiro atoms. The number of esters is 1. The van der Waals surface area contributed by atoms with Gasteiger partial charge < -0.3 is 14.6 Å². The number of carboxylic acids is 1. The molecule has 0 atom stereocenters. The summed E-state index contributed by atoms with van der Waals surface area (Å²) in [7, 11) is 0. The van der Waals surface area contributed by atoms with Crippen LogP contribution in [0.15, 0.2) is 12.2 Å². The molecule has 0 radical (unpaired) electrons. The third-order valence-corrected chi connectivity index (χ3v) is 2.91. The maximum absolute atomic E-state index is 11.5. The Morgan fingerprint density at radius 2 is 2.11 bits per heavy atom. The van der Waals surface area contributed by atoms with Gasteiger partial charge in [-0.1, -0.05) is 11.3 Å². The number of amides is 1. The predicted molar refractivity (Wildman–Crippen MR) is 65.6 cm³/mol. The van der Waals surface area contributed by atoms with Crippen molar-refractivity contribution in [3.8, 4) is 0 Å². The average Bonchev–Trinajstić information content (AvgIpc) is 2.68. The number of hydrogen-bond donors (Lipinski definition) is 1. The van der Waals surface area contributed by atoms with Crippen molar-refractivity contribution < 1.29 is 24.2 Å². The van der Waals surface area contributed by atoms with Crippen LogP contribution in [0.3, 0.4) is 0 Å². The fourth-order valence-corrected chi connectivity index (χ4v) is 1.99. The molecule has 1 amide bonds. The minimum atomic E-state index is -1.47. The number of anilines is 1. The first kappa shape index (κ1) is 14.8. The van der Waals surface area contributed by atoms with E-state index in [0.717, 1.165) is 17.4 Å². The second kappa shape index (κ2) is 6.64. The number of aliphatic carboxylic acids is 1. The van der Waals surface area contributed by atoms with Crippen LogP contribution in [-0.4, -0.2) is 29.4 Å². The fraction of sp³-hybridized carbons (Fsp3) is 0.273. The summed E-state index contributed by atoms with van der Waals surface area (Å²) in [6.45, 7) is 3.53. The van der Waals surface area contributed by atoms with Crippen LogP contribution in [0.25, 0.3) is 0 Å². The Labute approximate surface area is 112 Å². The number of carbonyl (C=O) groups is 3. The summed E-state index contributed by atoms with van der Waals surface area (Å²) in [5.41, 5.74) is 0.433. The number of thiazole rings is 1. The van der Waals surface area contributed by atoms with Gasteiger partial charge in [-0.25, -0.2) is 9.78 Å². The smallest absolute Gasteiger partial charge is 0.350 e. The summed E-state index contributed by atoms with van der Waals surface area (Å²) < 4.78 is 4.82. The van der Waals surface area contributed by atoms with E-state index in [1.54, 1.807) is 13.8 Å². The number of aromatic nitrogens is 1. The first-order chi connectivity index (χ1) is 8.93. The SMILES string of the molecule is CCOC(=O)c1sc(NC(=O)C=CC(=O)[O-])nc1C. The zero-order valence-corrected chi connectivity index (χ0v) is 11.1. The van der Waals surface area contributed by atoms with Crippen molar-refractivity contribution >= 4 is 34.3 Å². The Morgan fingerprint density at radius 3 is 2.68 bits per heavy atom. The largest absolute Gasteiger partial charge is 0.545 e. The topological polar surface area (TPSA) is 108 Å². The van der Waals surface area contributed by atoms with Gasteiger partial charge in [0.05, 0.1) is 18.3 Å². The molecule has 1 aromatic heterocycles. The normalized spacial score (nSPS) is 10.4. The van der Waals surface area contributed by atoms with E-state index >= 15 is 0 Å². The molecule has 102 valence electrons. The van der Waals surface area contributed by atoms with Crippen molar-refractivity contribution in [1.82, 2.24) is 4.98 Å². The second-order valence-electron chi connectivity index (χ2n) is 3.30. The van der Waals surface area contributed by atoms with E-state index in [-0.39, 0.29) is 11.7 Å². The van der Waals surface area contributed by atoms with Crippen molar-refractivity contribution in [2.45, 2.75) is 13.8 Å².